The van der Waals surface area contributed by atoms with Crippen molar-refractivity contribution in [2.24, 2.45) is 5.92 Å². The first-order chi connectivity index (χ1) is 13.5. The number of methoxy groups -OCH3 is 1. The summed E-state index contributed by atoms with van der Waals surface area (Å²) >= 11 is 1.53. The molecule has 5 nitrogen and oxygen atoms in total. The van der Waals surface area contributed by atoms with Crippen molar-refractivity contribution in [1.82, 2.24) is 15.2 Å². The van der Waals surface area contributed by atoms with Crippen LogP contribution in [0.1, 0.15) is 58.2 Å². The summed E-state index contributed by atoms with van der Waals surface area (Å²) in [5, 5.41) is 4.24. The first-order valence-electron chi connectivity index (χ1n) is 10.1. The monoisotopic (exact) mass is 401 g/mol. The van der Waals surface area contributed by atoms with Crippen LogP contribution < -0.4 is 10.1 Å². The Hall–Kier alpha value is -1.92. The Bertz CT molecular complexity index is 788. The molecule has 1 aliphatic rings. The molecule has 0 saturated carbocycles. The topological polar surface area (TPSA) is 54.5 Å². The molecule has 1 aromatic carbocycles. The van der Waals surface area contributed by atoms with Gasteiger partial charge in [0.25, 0.3) is 5.91 Å². The van der Waals surface area contributed by atoms with Crippen LogP contribution >= 0.6 is 11.3 Å². The van der Waals surface area contributed by atoms with Gasteiger partial charge in [-0.2, -0.15) is 0 Å². The number of hydrogen-bond acceptors (Lipinski definition) is 5. The van der Waals surface area contributed by atoms with E-state index < -0.39 is 0 Å². The number of nitrogens with zero attached hydrogens (tertiary/aromatic N) is 2. The lowest BCUT2D eigenvalue weighted by molar-refractivity contribution is 0.0894. The Kier molecular flexibility index (Phi) is 7.08. The van der Waals surface area contributed by atoms with Crippen molar-refractivity contribution in [2.45, 2.75) is 45.6 Å². The van der Waals surface area contributed by atoms with Crippen molar-refractivity contribution in [3.63, 3.8) is 0 Å². The van der Waals surface area contributed by atoms with Gasteiger partial charge in [0, 0.05) is 12.6 Å². The molecule has 0 spiro atoms. The summed E-state index contributed by atoms with van der Waals surface area (Å²) in [6, 6.07) is 8.63. The van der Waals surface area contributed by atoms with Crippen molar-refractivity contribution in [2.75, 3.05) is 27.2 Å². The molecule has 2 heterocycles. The van der Waals surface area contributed by atoms with E-state index in [4.69, 9.17) is 4.74 Å². The number of nitrogens with one attached hydrogen (secondary N) is 1. The standard InChI is InChI=1S/C22H31N3O2S/c1-5-7-19-24-15(2)21(28-19)22(26)23-14-17-8-6-13-25(3)20(17)16-9-11-18(27-4)12-10-16/h9-12,17,20H,5-8,13-14H2,1-4H3,(H,23,26). The molecule has 28 heavy (non-hydrogen) atoms. The predicted octanol–water partition coefficient (Wildman–Crippen LogP) is 4.23. The average molecular weight is 402 g/mol. The smallest absolute Gasteiger partial charge is 0.263 e. The molecule has 1 amide bonds. The van der Waals surface area contributed by atoms with Crippen LogP contribution in [0.2, 0.25) is 0 Å². The van der Waals surface area contributed by atoms with Gasteiger partial charge in [-0.1, -0.05) is 19.1 Å². The molecule has 1 aromatic heterocycles. The number of piperidine rings is 1. The number of aryl methyl sites for hydroxylation is 2. The first kappa shape index (κ1) is 20.8. The number of hydrogen-bond donors (Lipinski definition) is 1. The van der Waals surface area contributed by atoms with Crippen LogP contribution in [-0.4, -0.2) is 43.0 Å². The molecular weight excluding hydrogens is 370 g/mol. The third-order valence-electron chi connectivity index (χ3n) is 5.50. The fraction of sp³-hybridized carbons (Fsp3) is 0.545. The molecule has 2 aromatic rings. The van der Waals surface area contributed by atoms with Crippen LogP contribution in [0, 0.1) is 12.8 Å². The van der Waals surface area contributed by atoms with E-state index in [2.05, 4.69) is 41.3 Å². The maximum Gasteiger partial charge on any atom is 0.263 e. The molecule has 3 rings (SSSR count). The highest BCUT2D eigenvalue weighted by Crippen LogP contribution is 2.35. The Morgan fingerprint density at radius 3 is 2.79 bits per heavy atom. The molecule has 1 aliphatic heterocycles. The first-order valence-corrected chi connectivity index (χ1v) is 10.9. The van der Waals surface area contributed by atoms with E-state index in [1.165, 1.54) is 16.9 Å². The zero-order valence-electron chi connectivity index (χ0n) is 17.3. The minimum atomic E-state index is 0.0130. The van der Waals surface area contributed by atoms with E-state index in [1.54, 1.807) is 7.11 Å². The molecule has 0 aliphatic carbocycles. The molecule has 1 fully saturated rings. The van der Waals surface area contributed by atoms with Crippen LogP contribution in [0.15, 0.2) is 24.3 Å². The highest BCUT2D eigenvalue weighted by atomic mass is 32.1. The number of ether oxygens (including phenoxy) is 1. The summed E-state index contributed by atoms with van der Waals surface area (Å²) in [6.07, 6.45) is 4.26. The van der Waals surface area contributed by atoms with Crippen molar-refractivity contribution in [3.05, 3.63) is 45.4 Å². The van der Waals surface area contributed by atoms with Crippen LogP contribution in [0.25, 0.3) is 0 Å². The molecule has 2 unspecified atom stereocenters. The summed E-state index contributed by atoms with van der Waals surface area (Å²) in [6.45, 7) is 5.82. The van der Waals surface area contributed by atoms with Crippen LogP contribution in [0.5, 0.6) is 5.75 Å². The summed E-state index contributed by atoms with van der Waals surface area (Å²) in [7, 11) is 3.86. The zero-order valence-corrected chi connectivity index (χ0v) is 18.1. The van der Waals surface area contributed by atoms with Gasteiger partial charge in [-0.15, -0.1) is 11.3 Å². The van der Waals surface area contributed by atoms with E-state index in [9.17, 15) is 4.79 Å². The minimum Gasteiger partial charge on any atom is -0.497 e. The van der Waals surface area contributed by atoms with Gasteiger partial charge in [0.15, 0.2) is 0 Å². The largest absolute Gasteiger partial charge is 0.497 e. The lowest BCUT2D eigenvalue weighted by Gasteiger charge is -2.39. The third kappa shape index (κ3) is 4.73. The lowest BCUT2D eigenvalue weighted by atomic mass is 9.85. The number of benzene rings is 1. The van der Waals surface area contributed by atoms with Gasteiger partial charge >= 0.3 is 0 Å². The molecule has 6 heteroatoms. The van der Waals surface area contributed by atoms with E-state index >= 15 is 0 Å². The molecule has 0 radical (unpaired) electrons. The summed E-state index contributed by atoms with van der Waals surface area (Å²) < 4.78 is 5.29. The number of aromatic nitrogens is 1. The van der Waals surface area contributed by atoms with Crippen molar-refractivity contribution >= 4 is 17.2 Å². The fourth-order valence-electron chi connectivity index (χ4n) is 4.09. The van der Waals surface area contributed by atoms with Gasteiger partial charge in [0.1, 0.15) is 10.6 Å². The SMILES string of the molecule is CCCc1nc(C)c(C(=O)NCC2CCCN(C)C2c2ccc(OC)cc2)s1. The number of amides is 1. The number of carbonyl (C=O) groups excluding carboxylic acids is 1. The maximum atomic E-state index is 12.8. The second-order valence-corrected chi connectivity index (χ2v) is 8.67. The molecule has 152 valence electrons. The number of carbonyl (C=O) groups is 1. The summed E-state index contributed by atoms with van der Waals surface area (Å²) in [4.78, 5) is 20.5. The fourth-order valence-corrected chi connectivity index (χ4v) is 5.17. The van der Waals surface area contributed by atoms with Crippen LogP contribution in [0.3, 0.4) is 0 Å². The average Bonchev–Trinajstić information content (AvgIpc) is 3.07. The van der Waals surface area contributed by atoms with Crippen LogP contribution in [-0.2, 0) is 6.42 Å². The second kappa shape index (κ2) is 9.52. The van der Waals surface area contributed by atoms with Gasteiger partial charge in [-0.25, -0.2) is 4.98 Å². The minimum absolute atomic E-state index is 0.0130. The predicted molar refractivity (Wildman–Crippen MR) is 114 cm³/mol. The highest BCUT2D eigenvalue weighted by Gasteiger charge is 2.31. The second-order valence-electron chi connectivity index (χ2n) is 7.58. The number of rotatable bonds is 7. The van der Waals surface area contributed by atoms with Gasteiger partial charge in [-0.05, 0) is 69.8 Å². The van der Waals surface area contributed by atoms with Crippen molar-refractivity contribution in [3.8, 4) is 5.75 Å². The quantitative estimate of drug-likeness (QED) is 0.754. The van der Waals surface area contributed by atoms with E-state index in [0.717, 1.165) is 53.6 Å². The summed E-state index contributed by atoms with van der Waals surface area (Å²) in [5.41, 5.74) is 2.12. The van der Waals surface area contributed by atoms with Crippen molar-refractivity contribution < 1.29 is 9.53 Å². The Morgan fingerprint density at radius 2 is 2.11 bits per heavy atom. The van der Waals surface area contributed by atoms with Crippen molar-refractivity contribution in [1.29, 1.82) is 0 Å². The molecular formula is C22H31N3O2S. The Morgan fingerprint density at radius 1 is 1.36 bits per heavy atom. The lowest BCUT2D eigenvalue weighted by Crippen LogP contribution is -2.41. The Labute approximate surface area is 172 Å². The third-order valence-corrected chi connectivity index (χ3v) is 6.72. The van der Waals surface area contributed by atoms with Gasteiger partial charge in [0.05, 0.1) is 17.8 Å². The summed E-state index contributed by atoms with van der Waals surface area (Å²) in [5.74, 6) is 1.27. The molecule has 1 saturated heterocycles. The molecule has 0 bridgehead atoms. The van der Waals surface area contributed by atoms with E-state index in [1.807, 2.05) is 19.1 Å². The van der Waals surface area contributed by atoms with Gasteiger partial charge in [-0.3, -0.25) is 9.69 Å². The maximum absolute atomic E-state index is 12.8. The van der Waals surface area contributed by atoms with E-state index in [-0.39, 0.29) is 5.91 Å². The Balaban J connectivity index is 1.69. The van der Waals surface area contributed by atoms with Gasteiger partial charge in [0.2, 0.25) is 0 Å². The molecule has 1 N–H and O–H groups in total. The van der Waals surface area contributed by atoms with E-state index in [0.29, 0.717) is 18.5 Å². The molecule has 2 atom stereocenters. The van der Waals surface area contributed by atoms with Crippen LogP contribution in [0.4, 0.5) is 0 Å². The zero-order chi connectivity index (χ0) is 20.1. The number of likely N-dealkylation sites (tertiary alicyclic amines) is 1. The highest BCUT2D eigenvalue weighted by molar-refractivity contribution is 7.13. The number of thiazole rings is 1. The normalized spacial score (nSPS) is 20.1. The van der Waals surface area contributed by atoms with Gasteiger partial charge < -0.3 is 10.1 Å².